The van der Waals surface area contributed by atoms with E-state index >= 15 is 0 Å². The number of rotatable bonds is 7. The van der Waals surface area contributed by atoms with Gasteiger partial charge >= 0.3 is 5.97 Å². The Morgan fingerprint density at radius 1 is 1.38 bits per heavy atom. The summed E-state index contributed by atoms with van der Waals surface area (Å²) < 4.78 is 0. The normalized spacial score (nSPS) is 9.23. The molecule has 74 valence electrons. The molecule has 0 radical (unpaired) electrons. The quantitative estimate of drug-likeness (QED) is 0.365. The Balaban J connectivity index is 3.12. The molecule has 0 aromatic heterocycles. The first-order valence-electron chi connectivity index (χ1n) is 3.99. The molecule has 0 saturated heterocycles. The summed E-state index contributed by atoms with van der Waals surface area (Å²) in [7, 11) is 0. The number of hydrogen-bond donors (Lipinski definition) is 3. The molecule has 0 bridgehead atoms. The van der Waals surface area contributed by atoms with Crippen LogP contribution in [0.25, 0.3) is 0 Å². The van der Waals surface area contributed by atoms with Crippen LogP contribution in [0.4, 0.5) is 0 Å². The lowest BCUT2D eigenvalue weighted by atomic mass is 10.4. The van der Waals surface area contributed by atoms with Crippen LogP contribution >= 0.6 is 0 Å². The number of amides is 1. The van der Waals surface area contributed by atoms with Gasteiger partial charge in [0.1, 0.15) is 0 Å². The first-order valence-corrected chi connectivity index (χ1v) is 3.99. The van der Waals surface area contributed by atoms with Crippen molar-refractivity contribution in [1.82, 2.24) is 10.6 Å². The van der Waals surface area contributed by atoms with Crippen LogP contribution in [0.15, 0.2) is 12.7 Å². The molecule has 0 aromatic rings. The topological polar surface area (TPSA) is 78.4 Å². The van der Waals surface area contributed by atoms with Crippen molar-refractivity contribution in [3.8, 4) is 0 Å². The van der Waals surface area contributed by atoms with Crippen molar-refractivity contribution in [3.05, 3.63) is 12.7 Å². The van der Waals surface area contributed by atoms with E-state index in [4.69, 9.17) is 5.11 Å². The zero-order valence-corrected chi connectivity index (χ0v) is 7.38. The van der Waals surface area contributed by atoms with E-state index in [9.17, 15) is 9.59 Å². The molecule has 3 N–H and O–H groups in total. The highest BCUT2D eigenvalue weighted by Gasteiger charge is 1.95. The lowest BCUT2D eigenvalue weighted by Crippen LogP contribution is -2.28. The maximum Gasteiger partial charge on any atom is 0.317 e. The maximum atomic E-state index is 10.6. The van der Waals surface area contributed by atoms with Crippen LogP contribution in [0, 0.1) is 0 Å². The molecule has 0 aromatic carbocycles. The van der Waals surface area contributed by atoms with E-state index in [-0.39, 0.29) is 12.5 Å². The molecule has 0 heterocycles. The molecule has 0 fully saturated rings. The van der Waals surface area contributed by atoms with Crippen LogP contribution in [0.2, 0.25) is 0 Å². The first kappa shape index (κ1) is 11.6. The smallest absolute Gasteiger partial charge is 0.317 e. The van der Waals surface area contributed by atoms with Gasteiger partial charge in [-0.15, -0.1) is 0 Å². The van der Waals surface area contributed by atoms with E-state index in [2.05, 4.69) is 17.2 Å². The van der Waals surface area contributed by atoms with Crippen molar-refractivity contribution in [2.75, 3.05) is 19.6 Å². The van der Waals surface area contributed by atoms with Gasteiger partial charge < -0.3 is 15.7 Å². The molecule has 0 unspecified atom stereocenters. The van der Waals surface area contributed by atoms with Gasteiger partial charge in [-0.2, -0.15) is 0 Å². The Bertz CT molecular complexity index is 192. The predicted molar refractivity (Wildman–Crippen MR) is 48.3 cm³/mol. The molecule has 13 heavy (non-hydrogen) atoms. The predicted octanol–water partition coefficient (Wildman–Crippen LogP) is -0.647. The second-order valence-corrected chi connectivity index (χ2v) is 2.42. The average molecular weight is 186 g/mol. The van der Waals surface area contributed by atoms with Crippen LogP contribution in [-0.2, 0) is 9.59 Å². The van der Waals surface area contributed by atoms with Gasteiger partial charge in [0.15, 0.2) is 0 Å². The summed E-state index contributed by atoms with van der Waals surface area (Å²) in [5.74, 6) is -1.09. The third-order valence-corrected chi connectivity index (χ3v) is 1.29. The molecule has 5 nitrogen and oxygen atoms in total. The highest BCUT2D eigenvalue weighted by molar-refractivity contribution is 5.86. The third kappa shape index (κ3) is 8.55. The van der Waals surface area contributed by atoms with Crippen molar-refractivity contribution in [2.45, 2.75) is 6.42 Å². The van der Waals surface area contributed by atoms with Crippen molar-refractivity contribution in [3.63, 3.8) is 0 Å². The molecule has 0 spiro atoms. The summed E-state index contributed by atoms with van der Waals surface area (Å²) in [6, 6.07) is 0. The van der Waals surface area contributed by atoms with Crippen molar-refractivity contribution < 1.29 is 14.7 Å². The van der Waals surface area contributed by atoms with E-state index in [1.165, 1.54) is 6.08 Å². The van der Waals surface area contributed by atoms with Crippen LogP contribution in [0.3, 0.4) is 0 Å². The number of carboxylic acid groups (broad SMARTS) is 1. The van der Waals surface area contributed by atoms with Crippen LogP contribution in [-0.4, -0.2) is 36.6 Å². The van der Waals surface area contributed by atoms with Gasteiger partial charge in [0, 0.05) is 6.54 Å². The summed E-state index contributed by atoms with van der Waals surface area (Å²) in [4.78, 5) is 20.7. The Kier molecular flexibility index (Phi) is 6.53. The summed E-state index contributed by atoms with van der Waals surface area (Å²) in [5, 5.41) is 13.5. The van der Waals surface area contributed by atoms with Crippen molar-refractivity contribution >= 4 is 11.9 Å². The molecule has 0 aliphatic heterocycles. The maximum absolute atomic E-state index is 10.6. The molecular formula is C8H14N2O3. The van der Waals surface area contributed by atoms with Crippen LogP contribution < -0.4 is 10.6 Å². The van der Waals surface area contributed by atoms with Crippen molar-refractivity contribution in [2.24, 2.45) is 0 Å². The third-order valence-electron chi connectivity index (χ3n) is 1.29. The Morgan fingerprint density at radius 2 is 2.08 bits per heavy atom. The molecule has 0 rings (SSSR count). The summed E-state index contributed by atoms with van der Waals surface area (Å²) in [6.07, 6.45) is 1.90. The average Bonchev–Trinajstić information content (AvgIpc) is 2.10. The minimum Gasteiger partial charge on any atom is -0.480 e. The zero-order valence-electron chi connectivity index (χ0n) is 7.38. The monoisotopic (exact) mass is 186 g/mol. The fraction of sp³-hybridized carbons (Fsp3) is 0.500. The highest BCUT2D eigenvalue weighted by Crippen LogP contribution is 1.74. The Labute approximate surface area is 76.8 Å². The number of carbonyl (C=O) groups is 2. The standard InChI is InChI=1S/C8H14N2O3/c1-2-7(11)10-5-3-4-9-6-8(12)13/h2,9H,1,3-6H2,(H,10,11)(H,12,13). The van der Waals surface area contributed by atoms with E-state index in [1.54, 1.807) is 0 Å². The van der Waals surface area contributed by atoms with Gasteiger partial charge in [-0.05, 0) is 19.0 Å². The van der Waals surface area contributed by atoms with Gasteiger partial charge in [-0.1, -0.05) is 6.58 Å². The number of nitrogens with one attached hydrogen (secondary N) is 2. The van der Waals surface area contributed by atoms with E-state index in [0.29, 0.717) is 19.5 Å². The second-order valence-electron chi connectivity index (χ2n) is 2.42. The number of aliphatic carboxylic acids is 1. The summed E-state index contributed by atoms with van der Waals surface area (Å²) >= 11 is 0. The highest BCUT2D eigenvalue weighted by atomic mass is 16.4. The molecule has 0 saturated carbocycles. The Morgan fingerprint density at radius 3 is 2.62 bits per heavy atom. The van der Waals surface area contributed by atoms with Crippen LogP contribution in [0.1, 0.15) is 6.42 Å². The molecule has 0 atom stereocenters. The van der Waals surface area contributed by atoms with E-state index in [1.807, 2.05) is 0 Å². The Hall–Kier alpha value is -1.36. The fourth-order valence-corrected chi connectivity index (χ4v) is 0.692. The van der Waals surface area contributed by atoms with Crippen molar-refractivity contribution in [1.29, 1.82) is 0 Å². The minimum atomic E-state index is -0.880. The van der Waals surface area contributed by atoms with Gasteiger partial charge in [0.25, 0.3) is 0 Å². The molecule has 0 aliphatic rings. The van der Waals surface area contributed by atoms with E-state index < -0.39 is 5.97 Å². The zero-order chi connectivity index (χ0) is 10.1. The molecule has 0 aliphatic carbocycles. The van der Waals surface area contributed by atoms with Crippen LogP contribution in [0.5, 0.6) is 0 Å². The lowest BCUT2D eigenvalue weighted by Gasteiger charge is -2.02. The molecule has 5 heteroatoms. The molecule has 1 amide bonds. The van der Waals surface area contributed by atoms with Gasteiger partial charge in [0.05, 0.1) is 6.54 Å². The summed E-state index contributed by atoms with van der Waals surface area (Å²) in [6.45, 7) is 4.35. The number of hydrogen-bond acceptors (Lipinski definition) is 3. The van der Waals surface area contributed by atoms with Gasteiger partial charge in [-0.25, -0.2) is 0 Å². The van der Waals surface area contributed by atoms with Gasteiger partial charge in [-0.3, -0.25) is 9.59 Å². The summed E-state index contributed by atoms with van der Waals surface area (Å²) in [5.41, 5.74) is 0. The lowest BCUT2D eigenvalue weighted by molar-refractivity contribution is -0.136. The largest absolute Gasteiger partial charge is 0.480 e. The SMILES string of the molecule is C=CC(=O)NCCCNCC(=O)O. The van der Waals surface area contributed by atoms with Gasteiger partial charge in [0.2, 0.25) is 5.91 Å². The van der Waals surface area contributed by atoms with E-state index in [0.717, 1.165) is 0 Å². The minimum absolute atomic E-state index is 0.0462. The second kappa shape index (κ2) is 7.30. The number of carboxylic acids is 1. The number of carbonyl (C=O) groups excluding carboxylic acids is 1. The fourth-order valence-electron chi connectivity index (χ4n) is 0.692. The first-order chi connectivity index (χ1) is 6.16. The molecular weight excluding hydrogens is 172 g/mol.